The molecular formula is C17H13ClO2S. The van der Waals surface area contributed by atoms with Crippen molar-refractivity contribution >= 4 is 29.1 Å². The first kappa shape index (κ1) is 13.1. The fraction of sp³-hybridized carbons (Fsp3) is 0.176. The van der Waals surface area contributed by atoms with Crippen LogP contribution >= 0.6 is 23.4 Å². The number of ether oxygens (including phenoxy) is 2. The number of halogens is 1. The number of benzene rings is 2. The minimum Gasteiger partial charge on any atom is -0.453 e. The van der Waals surface area contributed by atoms with Crippen molar-refractivity contribution in [2.75, 3.05) is 6.26 Å². The van der Waals surface area contributed by atoms with Gasteiger partial charge in [-0.25, -0.2) is 0 Å². The van der Waals surface area contributed by atoms with E-state index >= 15 is 0 Å². The van der Waals surface area contributed by atoms with E-state index in [1.807, 2.05) is 36.4 Å². The van der Waals surface area contributed by atoms with Gasteiger partial charge in [-0.15, -0.1) is 11.8 Å². The third kappa shape index (κ3) is 2.03. The lowest BCUT2D eigenvalue weighted by Gasteiger charge is -2.11. The van der Waals surface area contributed by atoms with Crippen molar-refractivity contribution in [1.82, 2.24) is 0 Å². The SMILES string of the molecule is CSC1=C(c2ccccc2)OC2Oc3cc(Cl)ccc3C12. The molecule has 0 saturated heterocycles. The Labute approximate surface area is 132 Å². The summed E-state index contributed by atoms with van der Waals surface area (Å²) < 4.78 is 12.0. The van der Waals surface area contributed by atoms with Gasteiger partial charge in [0.15, 0.2) is 0 Å². The van der Waals surface area contributed by atoms with Crippen molar-refractivity contribution in [3.63, 3.8) is 0 Å². The highest BCUT2D eigenvalue weighted by atomic mass is 35.5. The van der Waals surface area contributed by atoms with Crippen LogP contribution in [-0.2, 0) is 4.74 Å². The molecule has 2 unspecified atom stereocenters. The van der Waals surface area contributed by atoms with E-state index in [0.717, 1.165) is 22.6 Å². The number of thioether (sulfide) groups is 1. The van der Waals surface area contributed by atoms with E-state index in [4.69, 9.17) is 21.1 Å². The van der Waals surface area contributed by atoms with E-state index in [-0.39, 0.29) is 12.2 Å². The van der Waals surface area contributed by atoms with Gasteiger partial charge in [0.1, 0.15) is 11.5 Å². The third-order valence-electron chi connectivity index (χ3n) is 3.82. The first-order valence-electron chi connectivity index (χ1n) is 6.74. The zero-order chi connectivity index (χ0) is 14.4. The summed E-state index contributed by atoms with van der Waals surface area (Å²) in [6, 6.07) is 16.0. The van der Waals surface area contributed by atoms with Crippen molar-refractivity contribution in [2.45, 2.75) is 12.2 Å². The maximum Gasteiger partial charge on any atom is 0.252 e. The first-order valence-corrected chi connectivity index (χ1v) is 8.34. The highest BCUT2D eigenvalue weighted by Gasteiger charge is 2.45. The van der Waals surface area contributed by atoms with Crippen molar-refractivity contribution in [3.8, 4) is 5.75 Å². The molecule has 4 rings (SSSR count). The third-order valence-corrected chi connectivity index (χ3v) is 4.94. The van der Waals surface area contributed by atoms with Gasteiger partial charge in [0.2, 0.25) is 0 Å². The van der Waals surface area contributed by atoms with Gasteiger partial charge < -0.3 is 9.47 Å². The smallest absolute Gasteiger partial charge is 0.252 e. The standard InChI is InChI=1S/C17H13ClO2S/c1-21-16-14-12-8-7-11(18)9-13(12)19-17(14)20-15(16)10-5-3-2-4-6-10/h2-9,14,17H,1H3. The van der Waals surface area contributed by atoms with Crippen LogP contribution in [-0.4, -0.2) is 12.5 Å². The summed E-state index contributed by atoms with van der Waals surface area (Å²) in [7, 11) is 0. The Bertz CT molecular complexity index is 727. The minimum absolute atomic E-state index is 0.141. The van der Waals surface area contributed by atoms with Crippen molar-refractivity contribution in [1.29, 1.82) is 0 Å². The molecule has 0 N–H and O–H groups in total. The van der Waals surface area contributed by atoms with Crippen molar-refractivity contribution < 1.29 is 9.47 Å². The molecule has 0 aliphatic carbocycles. The molecule has 0 radical (unpaired) electrons. The number of rotatable bonds is 2. The second-order valence-corrected chi connectivity index (χ2v) is 6.31. The molecule has 21 heavy (non-hydrogen) atoms. The van der Waals surface area contributed by atoms with E-state index in [0.29, 0.717) is 5.02 Å². The summed E-state index contributed by atoms with van der Waals surface area (Å²) in [6.45, 7) is 0. The van der Waals surface area contributed by atoms with Crippen LogP contribution in [0.1, 0.15) is 17.0 Å². The Kier molecular flexibility index (Phi) is 3.12. The highest BCUT2D eigenvalue weighted by Crippen LogP contribution is 2.54. The Balaban J connectivity index is 1.82. The van der Waals surface area contributed by atoms with Gasteiger partial charge in [-0.3, -0.25) is 0 Å². The van der Waals surface area contributed by atoms with Gasteiger partial charge >= 0.3 is 0 Å². The van der Waals surface area contributed by atoms with Gasteiger partial charge in [-0.05, 0) is 18.4 Å². The molecule has 106 valence electrons. The van der Waals surface area contributed by atoms with Crippen LogP contribution in [0, 0.1) is 0 Å². The zero-order valence-corrected chi connectivity index (χ0v) is 12.9. The van der Waals surface area contributed by atoms with Crippen LogP contribution in [0.25, 0.3) is 5.76 Å². The lowest BCUT2D eigenvalue weighted by atomic mass is 9.99. The van der Waals surface area contributed by atoms with Gasteiger partial charge in [0.25, 0.3) is 6.29 Å². The molecule has 2 aromatic carbocycles. The Morgan fingerprint density at radius 3 is 2.62 bits per heavy atom. The highest BCUT2D eigenvalue weighted by molar-refractivity contribution is 8.02. The van der Waals surface area contributed by atoms with Crippen molar-refractivity contribution in [3.05, 3.63) is 69.6 Å². The molecule has 2 heterocycles. The number of hydrogen-bond donors (Lipinski definition) is 0. The average Bonchev–Trinajstić information content (AvgIpc) is 3.02. The first-order chi connectivity index (χ1) is 10.3. The molecule has 2 atom stereocenters. The molecule has 0 saturated carbocycles. The van der Waals surface area contributed by atoms with Gasteiger partial charge in [0.05, 0.1) is 5.92 Å². The maximum absolute atomic E-state index is 6.09. The summed E-state index contributed by atoms with van der Waals surface area (Å²) in [5.41, 5.74) is 2.25. The Morgan fingerprint density at radius 2 is 1.86 bits per heavy atom. The summed E-state index contributed by atoms with van der Waals surface area (Å²) in [6.07, 6.45) is 1.80. The maximum atomic E-state index is 6.09. The molecule has 2 aromatic rings. The van der Waals surface area contributed by atoms with Crippen LogP contribution in [0.15, 0.2) is 53.4 Å². The second kappa shape index (κ2) is 5.00. The Morgan fingerprint density at radius 1 is 1.05 bits per heavy atom. The lowest BCUT2D eigenvalue weighted by molar-refractivity contribution is 0.00641. The van der Waals surface area contributed by atoms with Gasteiger partial charge in [0, 0.05) is 21.1 Å². The molecular weight excluding hydrogens is 304 g/mol. The van der Waals surface area contributed by atoms with Gasteiger partial charge in [-0.1, -0.05) is 48.0 Å². The topological polar surface area (TPSA) is 18.5 Å². The number of hydrogen-bond acceptors (Lipinski definition) is 3. The molecule has 0 spiro atoms. The van der Waals surface area contributed by atoms with Crippen LogP contribution in [0.5, 0.6) is 5.75 Å². The molecule has 0 fully saturated rings. The lowest BCUT2D eigenvalue weighted by Crippen LogP contribution is -2.15. The van der Waals surface area contributed by atoms with Crippen LogP contribution < -0.4 is 4.74 Å². The minimum atomic E-state index is -0.281. The normalized spacial score (nSPS) is 22.6. The van der Waals surface area contributed by atoms with Gasteiger partial charge in [-0.2, -0.15) is 0 Å². The van der Waals surface area contributed by atoms with Crippen LogP contribution in [0.4, 0.5) is 0 Å². The van der Waals surface area contributed by atoms with E-state index in [2.05, 4.69) is 18.4 Å². The van der Waals surface area contributed by atoms with Crippen LogP contribution in [0.3, 0.4) is 0 Å². The molecule has 2 nitrogen and oxygen atoms in total. The fourth-order valence-electron chi connectivity index (χ4n) is 2.90. The quantitative estimate of drug-likeness (QED) is 0.784. The predicted octanol–water partition coefficient (Wildman–Crippen LogP) is 4.90. The molecule has 4 heteroatoms. The monoisotopic (exact) mass is 316 g/mol. The summed E-state index contributed by atoms with van der Waals surface area (Å²) >= 11 is 7.76. The fourth-order valence-corrected chi connectivity index (χ4v) is 3.90. The number of fused-ring (bicyclic) bond motifs is 3. The summed E-state index contributed by atoms with van der Waals surface area (Å²) in [4.78, 5) is 1.22. The summed E-state index contributed by atoms with van der Waals surface area (Å²) in [5, 5.41) is 0.687. The second-order valence-electron chi connectivity index (χ2n) is 5.03. The van der Waals surface area contributed by atoms with E-state index in [1.165, 1.54) is 4.91 Å². The summed E-state index contributed by atoms with van der Waals surface area (Å²) in [5.74, 6) is 1.90. The zero-order valence-electron chi connectivity index (χ0n) is 11.4. The average molecular weight is 317 g/mol. The Hall–Kier alpha value is -1.58. The molecule has 2 aliphatic rings. The molecule has 0 aromatic heterocycles. The van der Waals surface area contributed by atoms with E-state index in [9.17, 15) is 0 Å². The molecule has 2 aliphatic heterocycles. The van der Waals surface area contributed by atoms with E-state index in [1.54, 1.807) is 11.8 Å². The largest absolute Gasteiger partial charge is 0.453 e. The van der Waals surface area contributed by atoms with Crippen LogP contribution in [0.2, 0.25) is 5.02 Å². The molecule has 0 bridgehead atoms. The predicted molar refractivity (Wildman–Crippen MR) is 86.6 cm³/mol. The molecule has 0 amide bonds. The van der Waals surface area contributed by atoms with E-state index < -0.39 is 0 Å². The van der Waals surface area contributed by atoms with Crippen molar-refractivity contribution in [2.24, 2.45) is 0 Å².